The molecule has 4 nitrogen and oxygen atoms in total. The topological polar surface area (TPSA) is 66.4 Å². The standard InChI is InChI=1S/C8H8BNO3/c11-8(12)6-1-3-7(4-2-6)10-5-9-13/h1-4,10H,5H2,(H,11,12). The number of carboxylic acid groups (broad SMARTS) is 1. The Morgan fingerprint density at radius 3 is 2.46 bits per heavy atom. The first kappa shape index (κ1) is 9.44. The molecule has 0 fully saturated rings. The van der Waals surface area contributed by atoms with E-state index in [1.807, 2.05) is 0 Å². The van der Waals surface area contributed by atoms with Gasteiger partial charge in [0.15, 0.2) is 0 Å². The van der Waals surface area contributed by atoms with Crippen molar-refractivity contribution in [3.8, 4) is 0 Å². The van der Waals surface area contributed by atoms with Crippen molar-refractivity contribution in [2.45, 2.75) is 0 Å². The summed E-state index contributed by atoms with van der Waals surface area (Å²) in [4.78, 5) is 10.4. The predicted octanol–water partition coefficient (Wildman–Crippen LogP) is 0.804. The van der Waals surface area contributed by atoms with Gasteiger partial charge in [0.05, 0.1) is 0 Å². The molecular formula is C8H8BNO3. The van der Waals surface area contributed by atoms with Gasteiger partial charge in [-0.25, -0.2) is 0 Å². The summed E-state index contributed by atoms with van der Waals surface area (Å²) < 4.78 is 10.00. The van der Waals surface area contributed by atoms with E-state index in [1.54, 1.807) is 12.1 Å². The second-order valence-corrected chi connectivity index (χ2v) is 2.43. The number of nitrogens with one attached hydrogen (secondary N) is 1. The average molecular weight is 177 g/mol. The first-order valence-corrected chi connectivity index (χ1v) is 3.75. The van der Waals surface area contributed by atoms with Crippen LogP contribution < -0.4 is 5.32 Å². The molecule has 0 aliphatic heterocycles. The third-order valence-corrected chi connectivity index (χ3v) is 1.52. The van der Waals surface area contributed by atoms with Crippen LogP contribution >= 0.6 is 0 Å². The maximum atomic E-state index is 10.4. The second kappa shape index (κ2) is 4.40. The van der Waals surface area contributed by atoms with Gasteiger partial charge in [-0.05, 0) is 0 Å². The number of rotatable bonds is 4. The number of hydrogen-bond donors (Lipinski definition) is 2. The fourth-order valence-electron chi connectivity index (χ4n) is 0.890. The fraction of sp³-hybridized carbons (Fsp3) is 0.125. The Morgan fingerprint density at radius 1 is 1.38 bits per heavy atom. The number of benzene rings is 1. The van der Waals surface area contributed by atoms with Crippen LogP contribution in [0.2, 0.25) is 0 Å². The van der Waals surface area contributed by atoms with Gasteiger partial charge in [-0.3, -0.25) is 0 Å². The summed E-state index contributed by atoms with van der Waals surface area (Å²) in [6.45, 7) is 0. The zero-order chi connectivity index (χ0) is 9.68. The maximum absolute atomic E-state index is 10.4. The average Bonchev–Trinajstić information content (AvgIpc) is 2.15. The van der Waals surface area contributed by atoms with Crippen molar-refractivity contribution in [2.75, 3.05) is 11.8 Å². The zero-order valence-electron chi connectivity index (χ0n) is 6.86. The normalized spacial score (nSPS) is 8.92. The molecule has 2 N–H and O–H groups in total. The second-order valence-electron chi connectivity index (χ2n) is 2.43. The molecule has 0 atom stereocenters. The molecule has 1 aromatic carbocycles. The quantitative estimate of drug-likeness (QED) is 0.667. The fourth-order valence-corrected chi connectivity index (χ4v) is 0.890. The van der Waals surface area contributed by atoms with Crippen molar-refractivity contribution in [3.63, 3.8) is 0 Å². The minimum absolute atomic E-state index is 0.229. The number of anilines is 1. The molecule has 0 saturated carbocycles. The van der Waals surface area contributed by atoms with E-state index >= 15 is 0 Å². The van der Waals surface area contributed by atoms with E-state index in [0.717, 1.165) is 12.8 Å². The van der Waals surface area contributed by atoms with Crippen LogP contribution in [0.25, 0.3) is 0 Å². The summed E-state index contributed by atoms with van der Waals surface area (Å²) in [7, 11) is 0.741. The molecule has 0 spiro atoms. The number of hydrogen-bond acceptors (Lipinski definition) is 3. The van der Waals surface area contributed by atoms with Gasteiger partial charge in [0.25, 0.3) is 0 Å². The van der Waals surface area contributed by atoms with E-state index in [1.165, 1.54) is 12.1 Å². The number of carboxylic acids is 1. The molecular weight excluding hydrogens is 169 g/mol. The Morgan fingerprint density at radius 2 is 2.00 bits per heavy atom. The van der Waals surface area contributed by atoms with Gasteiger partial charge >= 0.3 is 75.0 Å². The van der Waals surface area contributed by atoms with Crippen LogP contribution in [0.5, 0.6) is 0 Å². The number of carbonyl (C=O) groups is 1. The third kappa shape index (κ3) is 2.70. The Labute approximate surface area is 75.8 Å². The van der Waals surface area contributed by atoms with Crippen LogP contribution in [0.3, 0.4) is 0 Å². The summed E-state index contributed by atoms with van der Waals surface area (Å²) in [5.74, 6) is -0.957. The van der Waals surface area contributed by atoms with Crippen LogP contribution in [0.4, 0.5) is 5.69 Å². The van der Waals surface area contributed by atoms with Gasteiger partial charge in [0.1, 0.15) is 0 Å². The van der Waals surface area contributed by atoms with Gasteiger partial charge in [-0.2, -0.15) is 0 Å². The van der Waals surface area contributed by atoms with Crippen LogP contribution in [0.1, 0.15) is 10.4 Å². The molecule has 0 amide bonds. The van der Waals surface area contributed by atoms with Gasteiger partial charge in [-0.15, -0.1) is 0 Å². The van der Waals surface area contributed by atoms with Crippen LogP contribution in [0, 0.1) is 0 Å². The summed E-state index contributed by atoms with van der Waals surface area (Å²) >= 11 is 0. The van der Waals surface area contributed by atoms with Crippen LogP contribution in [-0.4, -0.2) is 24.7 Å². The van der Waals surface area contributed by atoms with Crippen molar-refractivity contribution >= 4 is 18.8 Å². The Kier molecular flexibility index (Phi) is 3.19. The first-order valence-electron chi connectivity index (χ1n) is 3.75. The van der Waals surface area contributed by atoms with E-state index in [4.69, 9.17) is 5.11 Å². The molecule has 66 valence electrons. The molecule has 5 heteroatoms. The van der Waals surface area contributed by atoms with Crippen LogP contribution in [0.15, 0.2) is 24.3 Å². The summed E-state index contributed by atoms with van der Waals surface area (Å²) in [5.41, 5.74) is 0.966. The summed E-state index contributed by atoms with van der Waals surface area (Å²) in [5, 5.41) is 11.4. The van der Waals surface area contributed by atoms with Crippen molar-refractivity contribution in [3.05, 3.63) is 29.8 Å². The van der Waals surface area contributed by atoms with E-state index in [2.05, 4.69) is 5.32 Å². The third-order valence-electron chi connectivity index (χ3n) is 1.52. The monoisotopic (exact) mass is 177 g/mol. The first-order chi connectivity index (χ1) is 6.24. The van der Waals surface area contributed by atoms with Gasteiger partial charge in [-0.1, -0.05) is 0 Å². The molecule has 0 aliphatic carbocycles. The molecule has 1 aromatic rings. The van der Waals surface area contributed by atoms with Crippen LogP contribution in [-0.2, 0) is 4.70 Å². The molecule has 0 aliphatic rings. The molecule has 0 saturated heterocycles. The molecule has 0 bridgehead atoms. The summed E-state index contributed by atoms with van der Waals surface area (Å²) in [6.07, 6.45) is 0.229. The van der Waals surface area contributed by atoms with E-state index < -0.39 is 5.97 Å². The van der Waals surface area contributed by atoms with Gasteiger partial charge < -0.3 is 0 Å². The molecule has 13 heavy (non-hydrogen) atoms. The Hall–Kier alpha value is -1.65. The Balaban J connectivity index is 2.69. The molecule has 0 aromatic heterocycles. The zero-order valence-corrected chi connectivity index (χ0v) is 6.86. The molecule has 1 rings (SSSR count). The summed E-state index contributed by atoms with van der Waals surface area (Å²) in [6, 6.07) is 6.20. The van der Waals surface area contributed by atoms with Crippen molar-refractivity contribution in [1.82, 2.24) is 0 Å². The Bertz CT molecular complexity index is 310. The minimum atomic E-state index is -0.957. The SMILES string of the molecule is O=BCNc1ccc(C(=O)O)cc1. The molecule has 0 radical (unpaired) electrons. The van der Waals surface area contributed by atoms with E-state index in [-0.39, 0.29) is 12.0 Å². The van der Waals surface area contributed by atoms with Crippen molar-refractivity contribution in [2.24, 2.45) is 0 Å². The van der Waals surface area contributed by atoms with Gasteiger partial charge in [0, 0.05) is 0 Å². The van der Waals surface area contributed by atoms with Gasteiger partial charge in [0.2, 0.25) is 0 Å². The molecule has 0 heterocycles. The van der Waals surface area contributed by atoms with Crippen molar-refractivity contribution < 1.29 is 14.6 Å². The molecule has 0 unspecified atom stereocenters. The van der Waals surface area contributed by atoms with E-state index in [9.17, 15) is 9.50 Å². The predicted molar refractivity (Wildman–Crippen MR) is 48.3 cm³/mol. The van der Waals surface area contributed by atoms with Crippen molar-refractivity contribution in [1.29, 1.82) is 0 Å². The van der Waals surface area contributed by atoms with E-state index in [0.29, 0.717) is 0 Å². The number of aromatic carboxylic acids is 1.